The van der Waals surface area contributed by atoms with Gasteiger partial charge in [0.1, 0.15) is 4.90 Å². The van der Waals surface area contributed by atoms with Crippen molar-refractivity contribution < 1.29 is 8.42 Å². The highest BCUT2D eigenvalue weighted by molar-refractivity contribution is 7.89. The fourth-order valence-electron chi connectivity index (χ4n) is 2.08. The number of nitrogens with zero attached hydrogens (tertiary/aromatic N) is 2. The number of aromatic nitrogens is 1. The second-order valence-electron chi connectivity index (χ2n) is 4.63. The van der Waals surface area contributed by atoms with E-state index in [1.54, 1.807) is 6.07 Å². The van der Waals surface area contributed by atoms with Crippen LogP contribution in [0.25, 0.3) is 0 Å². The van der Waals surface area contributed by atoms with Crippen molar-refractivity contribution in [1.82, 2.24) is 9.29 Å². The Balaban J connectivity index is 3.12. The van der Waals surface area contributed by atoms with Crippen LogP contribution in [-0.2, 0) is 10.0 Å². The molecule has 1 aromatic rings. The topological polar surface area (TPSA) is 88.3 Å². The molecule has 1 rings (SSSR count). The summed E-state index contributed by atoms with van der Waals surface area (Å²) in [7, 11) is -3.58. The lowest BCUT2D eigenvalue weighted by molar-refractivity contribution is 0.339. The van der Waals surface area contributed by atoms with Gasteiger partial charge in [-0.15, -0.1) is 0 Å². The van der Waals surface area contributed by atoms with E-state index in [1.165, 1.54) is 16.6 Å². The molecule has 0 unspecified atom stereocenters. The van der Waals surface area contributed by atoms with Crippen LogP contribution in [0.15, 0.2) is 23.2 Å². The lowest BCUT2D eigenvalue weighted by Crippen LogP contribution is -2.35. The van der Waals surface area contributed by atoms with Gasteiger partial charge in [0.25, 0.3) is 0 Å². The van der Waals surface area contributed by atoms with Gasteiger partial charge in [0.2, 0.25) is 10.0 Å². The third-order valence-electron chi connectivity index (χ3n) is 3.49. The Kier molecular flexibility index (Phi) is 6.38. The molecule has 7 heteroatoms. The quantitative estimate of drug-likeness (QED) is 0.564. The Labute approximate surface area is 121 Å². The van der Waals surface area contributed by atoms with Crippen LogP contribution in [0.2, 0.25) is 0 Å². The fraction of sp³-hybridized carbons (Fsp3) is 0.615. The van der Waals surface area contributed by atoms with Gasteiger partial charge in [0, 0.05) is 19.3 Å². The summed E-state index contributed by atoms with van der Waals surface area (Å²) in [5.74, 6) is 5.88. The molecule has 6 nitrogen and oxygen atoms in total. The van der Waals surface area contributed by atoms with Crippen molar-refractivity contribution in [2.45, 2.75) is 38.5 Å². The molecular weight excluding hydrogens is 276 g/mol. The molecule has 0 aliphatic rings. The van der Waals surface area contributed by atoms with Crippen LogP contribution in [0.5, 0.6) is 0 Å². The number of anilines is 1. The van der Waals surface area contributed by atoms with E-state index in [1.807, 2.05) is 6.92 Å². The Bertz CT molecular complexity index is 515. The molecule has 0 saturated heterocycles. The van der Waals surface area contributed by atoms with Crippen molar-refractivity contribution in [2.24, 2.45) is 11.8 Å². The number of hydrogen-bond donors (Lipinski definition) is 2. The lowest BCUT2D eigenvalue weighted by Gasteiger charge is -2.25. The summed E-state index contributed by atoms with van der Waals surface area (Å²) in [4.78, 5) is 4.08. The summed E-state index contributed by atoms with van der Waals surface area (Å²) < 4.78 is 26.9. The van der Waals surface area contributed by atoms with Gasteiger partial charge in [0.15, 0.2) is 5.82 Å². The molecule has 1 aromatic heterocycles. The lowest BCUT2D eigenvalue weighted by atomic mass is 10.0. The summed E-state index contributed by atoms with van der Waals surface area (Å²) in [5.41, 5.74) is 2.34. The van der Waals surface area contributed by atoms with E-state index in [-0.39, 0.29) is 10.7 Å². The molecule has 0 aliphatic carbocycles. The molecule has 1 heterocycles. The van der Waals surface area contributed by atoms with Crippen LogP contribution in [0.4, 0.5) is 5.82 Å². The maximum atomic E-state index is 12.7. The maximum absolute atomic E-state index is 12.7. The Morgan fingerprint density at radius 1 is 1.35 bits per heavy atom. The minimum atomic E-state index is -3.58. The number of nitrogen functional groups attached to an aromatic ring is 1. The zero-order valence-corrected chi connectivity index (χ0v) is 13.2. The van der Waals surface area contributed by atoms with Gasteiger partial charge in [-0.2, -0.15) is 4.31 Å². The molecule has 0 spiro atoms. The number of nitrogens with two attached hydrogens (primary N) is 1. The van der Waals surface area contributed by atoms with E-state index in [4.69, 9.17) is 5.84 Å². The first-order valence-electron chi connectivity index (χ1n) is 6.92. The second kappa shape index (κ2) is 7.56. The highest BCUT2D eigenvalue weighted by Gasteiger charge is 2.27. The zero-order chi connectivity index (χ0) is 15.2. The van der Waals surface area contributed by atoms with Gasteiger partial charge in [-0.25, -0.2) is 19.2 Å². The van der Waals surface area contributed by atoms with Crippen LogP contribution >= 0.6 is 0 Å². The predicted molar refractivity (Wildman–Crippen MR) is 80.6 cm³/mol. The number of rotatable bonds is 8. The van der Waals surface area contributed by atoms with Crippen LogP contribution in [-0.4, -0.2) is 30.8 Å². The van der Waals surface area contributed by atoms with E-state index in [0.717, 1.165) is 12.8 Å². The number of hydrogen-bond acceptors (Lipinski definition) is 5. The minimum Gasteiger partial charge on any atom is -0.307 e. The smallest absolute Gasteiger partial charge is 0.246 e. The van der Waals surface area contributed by atoms with Gasteiger partial charge >= 0.3 is 0 Å². The van der Waals surface area contributed by atoms with Crippen molar-refractivity contribution in [3.05, 3.63) is 18.3 Å². The summed E-state index contributed by atoms with van der Waals surface area (Å²) >= 11 is 0. The average Bonchev–Trinajstić information content (AvgIpc) is 2.48. The number of pyridine rings is 1. The van der Waals surface area contributed by atoms with E-state index in [2.05, 4.69) is 24.3 Å². The Morgan fingerprint density at radius 2 is 2.00 bits per heavy atom. The largest absolute Gasteiger partial charge is 0.307 e. The molecule has 0 atom stereocenters. The van der Waals surface area contributed by atoms with Crippen LogP contribution in [0.3, 0.4) is 0 Å². The molecular formula is C13H24N4O2S. The first kappa shape index (κ1) is 16.9. The van der Waals surface area contributed by atoms with Crippen molar-refractivity contribution in [2.75, 3.05) is 18.5 Å². The number of sulfonamides is 1. The normalized spacial score (nSPS) is 12.1. The fourth-order valence-corrected chi connectivity index (χ4v) is 3.71. The molecule has 0 fully saturated rings. The molecule has 114 valence electrons. The third-order valence-corrected chi connectivity index (χ3v) is 5.47. The molecule has 0 aliphatic heterocycles. The third kappa shape index (κ3) is 3.68. The highest BCUT2D eigenvalue weighted by atomic mass is 32.2. The predicted octanol–water partition coefficient (Wildman–Crippen LogP) is 1.81. The Morgan fingerprint density at radius 3 is 2.50 bits per heavy atom. The first-order chi connectivity index (χ1) is 9.51. The van der Waals surface area contributed by atoms with Gasteiger partial charge in [-0.3, -0.25) is 0 Å². The number of hydrazine groups is 1. The van der Waals surface area contributed by atoms with Gasteiger partial charge in [-0.05, 0) is 18.1 Å². The summed E-state index contributed by atoms with van der Waals surface area (Å²) in [6, 6.07) is 3.12. The van der Waals surface area contributed by atoms with Crippen LogP contribution in [0, 0.1) is 5.92 Å². The molecule has 3 N–H and O–H groups in total. The van der Waals surface area contributed by atoms with Crippen LogP contribution < -0.4 is 11.3 Å². The van der Waals surface area contributed by atoms with E-state index >= 15 is 0 Å². The molecule has 0 bridgehead atoms. The molecule has 0 amide bonds. The zero-order valence-electron chi connectivity index (χ0n) is 12.3. The van der Waals surface area contributed by atoms with E-state index in [9.17, 15) is 8.42 Å². The van der Waals surface area contributed by atoms with Crippen LogP contribution in [0.1, 0.15) is 33.6 Å². The minimum absolute atomic E-state index is 0.121. The first-order valence-corrected chi connectivity index (χ1v) is 8.36. The maximum Gasteiger partial charge on any atom is 0.246 e. The summed E-state index contributed by atoms with van der Waals surface area (Å²) in [5, 5.41) is 0. The SMILES string of the molecule is CCC(CC)CN(CC)S(=O)(=O)c1cccnc1NN. The Hall–Kier alpha value is -1.18. The second-order valence-corrected chi connectivity index (χ2v) is 6.54. The van der Waals surface area contributed by atoms with Gasteiger partial charge in [-0.1, -0.05) is 33.6 Å². The van der Waals surface area contributed by atoms with Crippen molar-refractivity contribution in [1.29, 1.82) is 0 Å². The number of nitrogens with one attached hydrogen (secondary N) is 1. The molecule has 0 saturated carbocycles. The summed E-state index contributed by atoms with van der Waals surface area (Å²) in [6.45, 7) is 6.94. The molecule has 0 aromatic carbocycles. The van der Waals surface area contributed by atoms with E-state index in [0.29, 0.717) is 19.0 Å². The molecule has 0 radical (unpaired) electrons. The van der Waals surface area contributed by atoms with Crippen molar-refractivity contribution in [3.63, 3.8) is 0 Å². The standard InChI is InChI=1S/C13H24N4O2S/c1-4-11(5-2)10-17(6-3)20(18,19)12-8-7-9-15-13(12)16-14/h7-9,11H,4-6,10,14H2,1-3H3,(H,15,16). The highest BCUT2D eigenvalue weighted by Crippen LogP contribution is 2.23. The monoisotopic (exact) mass is 300 g/mol. The van der Waals surface area contributed by atoms with E-state index < -0.39 is 10.0 Å². The van der Waals surface area contributed by atoms with Gasteiger partial charge in [0.05, 0.1) is 0 Å². The average molecular weight is 300 g/mol. The van der Waals surface area contributed by atoms with Crippen molar-refractivity contribution >= 4 is 15.8 Å². The molecule has 20 heavy (non-hydrogen) atoms. The van der Waals surface area contributed by atoms with Crippen molar-refractivity contribution in [3.8, 4) is 0 Å². The summed E-state index contributed by atoms with van der Waals surface area (Å²) in [6.07, 6.45) is 3.42. The van der Waals surface area contributed by atoms with Gasteiger partial charge < -0.3 is 5.43 Å².